The summed E-state index contributed by atoms with van der Waals surface area (Å²) in [6.07, 6.45) is 0.576. The quantitative estimate of drug-likeness (QED) is 0.544. The highest BCUT2D eigenvalue weighted by molar-refractivity contribution is 6.74. The van der Waals surface area contributed by atoms with E-state index in [9.17, 15) is 12.9 Å². The third-order valence-electron chi connectivity index (χ3n) is 2.17. The summed E-state index contributed by atoms with van der Waals surface area (Å²) in [7, 11) is 0. The Morgan fingerprint density at radius 2 is 1.82 bits per heavy atom. The van der Waals surface area contributed by atoms with E-state index in [2.05, 4.69) is 0 Å². The average molecular weight is 247 g/mol. The van der Waals surface area contributed by atoms with E-state index in [-0.39, 0.29) is 12.4 Å². The SMILES string of the molecule is CCOCCCOc1ccccc1[B-](F)(F)F. The largest absolute Gasteiger partial charge is 0.513 e. The van der Waals surface area contributed by atoms with Crippen LogP contribution in [0.2, 0.25) is 0 Å². The molecule has 0 amide bonds. The fourth-order valence-electron chi connectivity index (χ4n) is 1.37. The smallest absolute Gasteiger partial charge is 0.496 e. The second-order valence-corrected chi connectivity index (χ2v) is 3.51. The van der Waals surface area contributed by atoms with Gasteiger partial charge in [0.15, 0.2) is 0 Å². The molecule has 0 aliphatic rings. The minimum absolute atomic E-state index is 0.100. The van der Waals surface area contributed by atoms with Crippen molar-refractivity contribution in [2.75, 3.05) is 19.8 Å². The molecule has 96 valence electrons. The molecule has 0 radical (unpaired) electrons. The van der Waals surface area contributed by atoms with Gasteiger partial charge < -0.3 is 22.4 Å². The Morgan fingerprint density at radius 1 is 1.12 bits per heavy atom. The van der Waals surface area contributed by atoms with Gasteiger partial charge >= 0.3 is 6.98 Å². The molecule has 1 rings (SSSR count). The molecule has 0 heterocycles. The van der Waals surface area contributed by atoms with Gasteiger partial charge in [-0.05, 0) is 13.0 Å². The maximum atomic E-state index is 12.6. The predicted molar refractivity (Wildman–Crippen MR) is 61.8 cm³/mol. The number of rotatable bonds is 7. The topological polar surface area (TPSA) is 18.5 Å². The van der Waals surface area contributed by atoms with E-state index < -0.39 is 12.4 Å². The molecule has 6 heteroatoms. The Labute approximate surface area is 98.8 Å². The van der Waals surface area contributed by atoms with Gasteiger partial charge in [-0.15, -0.1) is 0 Å². The van der Waals surface area contributed by atoms with Crippen LogP contribution in [0.1, 0.15) is 13.3 Å². The van der Waals surface area contributed by atoms with Gasteiger partial charge in [0.25, 0.3) is 0 Å². The molecule has 2 nitrogen and oxygen atoms in total. The van der Waals surface area contributed by atoms with Crippen molar-refractivity contribution >= 4 is 12.4 Å². The second-order valence-electron chi connectivity index (χ2n) is 3.51. The van der Waals surface area contributed by atoms with Crippen molar-refractivity contribution in [3.05, 3.63) is 24.3 Å². The van der Waals surface area contributed by atoms with Crippen molar-refractivity contribution in [2.24, 2.45) is 0 Å². The van der Waals surface area contributed by atoms with Crippen molar-refractivity contribution in [3.63, 3.8) is 0 Å². The van der Waals surface area contributed by atoms with Gasteiger partial charge in [0.1, 0.15) is 0 Å². The Morgan fingerprint density at radius 3 is 2.47 bits per heavy atom. The predicted octanol–water partition coefficient (Wildman–Crippen LogP) is 2.55. The van der Waals surface area contributed by atoms with Crippen LogP contribution in [0, 0.1) is 0 Å². The lowest BCUT2D eigenvalue weighted by Crippen LogP contribution is -2.35. The van der Waals surface area contributed by atoms with E-state index in [4.69, 9.17) is 9.47 Å². The minimum Gasteiger partial charge on any atom is -0.496 e. The summed E-state index contributed by atoms with van der Waals surface area (Å²) < 4.78 is 48.1. The molecule has 0 unspecified atom stereocenters. The summed E-state index contributed by atoms with van der Waals surface area (Å²) in [6.45, 7) is -1.84. The highest BCUT2D eigenvalue weighted by Gasteiger charge is 2.28. The first-order valence-electron chi connectivity index (χ1n) is 5.55. The van der Waals surface area contributed by atoms with E-state index in [0.717, 1.165) is 6.07 Å². The zero-order valence-electron chi connectivity index (χ0n) is 9.67. The summed E-state index contributed by atoms with van der Waals surface area (Å²) in [5.74, 6) is -0.100. The van der Waals surface area contributed by atoms with Crippen LogP contribution >= 0.6 is 0 Å². The number of hydrogen-bond donors (Lipinski definition) is 0. The van der Waals surface area contributed by atoms with Crippen molar-refractivity contribution in [3.8, 4) is 5.75 Å². The maximum Gasteiger partial charge on any atom is 0.513 e. The summed E-state index contributed by atoms with van der Waals surface area (Å²) in [5, 5.41) is 0. The summed E-state index contributed by atoms with van der Waals surface area (Å²) in [5.41, 5.74) is -0.677. The molecule has 0 spiro atoms. The molecule has 0 fully saturated rings. The Bertz CT molecular complexity index is 342. The molecule has 0 aromatic heterocycles. The Hall–Kier alpha value is -1.17. The van der Waals surface area contributed by atoms with Gasteiger partial charge in [-0.25, -0.2) is 0 Å². The third-order valence-corrected chi connectivity index (χ3v) is 2.17. The monoisotopic (exact) mass is 247 g/mol. The fraction of sp³-hybridized carbons (Fsp3) is 0.455. The molecule has 0 bridgehead atoms. The van der Waals surface area contributed by atoms with Crippen molar-refractivity contribution in [2.45, 2.75) is 13.3 Å². The summed E-state index contributed by atoms with van der Waals surface area (Å²) >= 11 is 0. The molecule has 0 aliphatic carbocycles. The number of benzene rings is 1. The van der Waals surface area contributed by atoms with Crippen LogP contribution in [0.5, 0.6) is 5.75 Å². The lowest BCUT2D eigenvalue weighted by molar-refractivity contribution is 0.131. The molecule has 1 aromatic carbocycles. The molecule has 0 saturated carbocycles. The molecule has 0 atom stereocenters. The van der Waals surface area contributed by atoms with Crippen LogP contribution in [0.15, 0.2) is 24.3 Å². The molecule has 17 heavy (non-hydrogen) atoms. The highest BCUT2D eigenvalue weighted by atomic mass is 19.4. The average Bonchev–Trinajstić information content (AvgIpc) is 2.28. The van der Waals surface area contributed by atoms with Crippen LogP contribution < -0.4 is 10.2 Å². The Balaban J connectivity index is 2.53. The van der Waals surface area contributed by atoms with E-state index >= 15 is 0 Å². The number of ether oxygens (including phenoxy) is 2. The van der Waals surface area contributed by atoms with E-state index in [1.54, 1.807) is 0 Å². The van der Waals surface area contributed by atoms with Gasteiger partial charge in [0.05, 0.1) is 12.4 Å². The first-order valence-corrected chi connectivity index (χ1v) is 5.55. The van der Waals surface area contributed by atoms with E-state index in [1.165, 1.54) is 18.2 Å². The fourth-order valence-corrected chi connectivity index (χ4v) is 1.37. The lowest BCUT2D eigenvalue weighted by atomic mass is 9.79. The van der Waals surface area contributed by atoms with Gasteiger partial charge in [-0.1, -0.05) is 23.7 Å². The van der Waals surface area contributed by atoms with Gasteiger partial charge in [-0.2, -0.15) is 0 Å². The number of halogens is 3. The molecular weight excluding hydrogens is 232 g/mol. The van der Waals surface area contributed by atoms with Crippen LogP contribution in [0.4, 0.5) is 12.9 Å². The summed E-state index contributed by atoms with van der Waals surface area (Å²) in [6, 6.07) is 5.27. The van der Waals surface area contributed by atoms with Crippen LogP contribution in [0.3, 0.4) is 0 Å². The highest BCUT2D eigenvalue weighted by Crippen LogP contribution is 2.17. The van der Waals surface area contributed by atoms with E-state index in [1.807, 2.05) is 6.92 Å². The van der Waals surface area contributed by atoms with E-state index in [0.29, 0.717) is 19.6 Å². The second kappa shape index (κ2) is 6.54. The maximum absolute atomic E-state index is 12.6. The minimum atomic E-state index is -5.02. The summed E-state index contributed by atoms with van der Waals surface area (Å²) in [4.78, 5) is 0. The van der Waals surface area contributed by atoms with Crippen molar-refractivity contribution in [1.29, 1.82) is 0 Å². The van der Waals surface area contributed by atoms with Crippen LogP contribution in [0.25, 0.3) is 0 Å². The van der Waals surface area contributed by atoms with Gasteiger partial charge in [-0.3, -0.25) is 0 Å². The van der Waals surface area contributed by atoms with Crippen molar-refractivity contribution < 1.29 is 22.4 Å². The van der Waals surface area contributed by atoms with Crippen LogP contribution in [-0.2, 0) is 4.74 Å². The first-order chi connectivity index (χ1) is 8.05. The zero-order chi connectivity index (χ0) is 12.7. The Kier molecular flexibility index (Phi) is 5.35. The van der Waals surface area contributed by atoms with Crippen LogP contribution in [-0.4, -0.2) is 26.8 Å². The zero-order valence-corrected chi connectivity index (χ0v) is 9.67. The normalized spacial score (nSPS) is 11.5. The number of hydrogen-bond acceptors (Lipinski definition) is 2. The lowest BCUT2D eigenvalue weighted by Gasteiger charge is -2.19. The third kappa shape index (κ3) is 4.69. The molecular formula is C11H15BF3O2-. The molecule has 0 aliphatic heterocycles. The first kappa shape index (κ1) is 13.9. The standard InChI is InChI=1S/C11H15BF3O2/c1-2-16-8-5-9-17-11-7-4-3-6-10(11)12(13,14)15/h3-4,6-7H,2,5,8-9H2,1H3/q-1. The van der Waals surface area contributed by atoms with Crippen molar-refractivity contribution in [1.82, 2.24) is 0 Å². The molecule has 0 N–H and O–H groups in total. The molecule has 0 saturated heterocycles. The van der Waals surface area contributed by atoms with Gasteiger partial charge in [0.2, 0.25) is 0 Å². The molecule has 1 aromatic rings. The van der Waals surface area contributed by atoms with Gasteiger partial charge in [0, 0.05) is 19.6 Å². The number of para-hydroxylation sites is 1.